The third kappa shape index (κ3) is 4.29. The van der Waals surface area contributed by atoms with Gasteiger partial charge in [0.25, 0.3) is 0 Å². The zero-order chi connectivity index (χ0) is 20.1. The van der Waals surface area contributed by atoms with E-state index in [0.717, 1.165) is 39.1 Å². The highest BCUT2D eigenvalue weighted by atomic mass is 15.3. The number of aryl methyl sites for hydroxylation is 2. The van der Waals surface area contributed by atoms with Crippen LogP contribution in [0, 0.1) is 6.92 Å². The number of hydrogen-bond acceptors (Lipinski definition) is 3. The molecule has 1 aliphatic heterocycles. The molecule has 0 unspecified atom stereocenters. The molecule has 0 saturated carbocycles. The van der Waals surface area contributed by atoms with E-state index in [9.17, 15) is 0 Å². The van der Waals surface area contributed by atoms with Crippen LogP contribution in [0.3, 0.4) is 0 Å². The molecule has 2 aromatic carbocycles. The Hall–Kier alpha value is -2.43. The Morgan fingerprint density at radius 3 is 2.07 bits per heavy atom. The van der Waals surface area contributed by atoms with E-state index in [2.05, 4.69) is 100 Å². The van der Waals surface area contributed by atoms with E-state index in [1.54, 1.807) is 0 Å². The molecule has 4 rings (SSSR count). The van der Waals surface area contributed by atoms with Gasteiger partial charge in [0, 0.05) is 32.4 Å². The van der Waals surface area contributed by atoms with Crippen LogP contribution in [0.1, 0.15) is 29.5 Å². The lowest BCUT2D eigenvalue weighted by Crippen LogP contribution is -2.60. The third-order valence-corrected chi connectivity index (χ3v) is 6.12. The smallest absolute Gasteiger partial charge is 0.0845 e. The van der Waals surface area contributed by atoms with Gasteiger partial charge in [-0.3, -0.25) is 9.58 Å². The van der Waals surface area contributed by atoms with Crippen LogP contribution in [0.5, 0.6) is 0 Å². The first-order valence-electron chi connectivity index (χ1n) is 10.7. The molecule has 2 heterocycles. The number of nitrogens with zero attached hydrogens (tertiary/aromatic N) is 4. The van der Waals surface area contributed by atoms with Crippen molar-refractivity contribution in [1.82, 2.24) is 19.6 Å². The maximum Gasteiger partial charge on any atom is 0.0845 e. The molecule has 4 nitrogen and oxygen atoms in total. The number of rotatable bonds is 7. The topological polar surface area (TPSA) is 24.3 Å². The van der Waals surface area contributed by atoms with Gasteiger partial charge in [-0.1, -0.05) is 60.7 Å². The minimum atomic E-state index is -0.0994. The molecule has 0 atom stereocenters. The molecular formula is C25H32N4. The first kappa shape index (κ1) is 19.9. The molecule has 3 aromatic rings. The summed E-state index contributed by atoms with van der Waals surface area (Å²) in [6.07, 6.45) is 6.39. The van der Waals surface area contributed by atoms with Crippen molar-refractivity contribution < 1.29 is 0 Å². The fourth-order valence-corrected chi connectivity index (χ4v) is 4.66. The molecule has 1 aromatic heterocycles. The van der Waals surface area contributed by atoms with Gasteiger partial charge in [-0.2, -0.15) is 5.10 Å². The van der Waals surface area contributed by atoms with Crippen LogP contribution in [0.15, 0.2) is 73.1 Å². The van der Waals surface area contributed by atoms with Gasteiger partial charge >= 0.3 is 0 Å². The van der Waals surface area contributed by atoms with Crippen LogP contribution in [0.2, 0.25) is 0 Å². The average Bonchev–Trinajstić information content (AvgIpc) is 3.18. The molecule has 0 bridgehead atoms. The summed E-state index contributed by atoms with van der Waals surface area (Å²) in [5.41, 5.74) is 3.91. The summed E-state index contributed by atoms with van der Waals surface area (Å²) in [5, 5.41) is 4.43. The molecule has 1 aliphatic rings. The molecule has 0 amide bonds. The first-order chi connectivity index (χ1) is 14.2. The number of likely N-dealkylation sites (N-methyl/N-ethyl adjacent to an activating group) is 1. The van der Waals surface area contributed by atoms with E-state index in [-0.39, 0.29) is 5.54 Å². The van der Waals surface area contributed by atoms with Gasteiger partial charge in [0.15, 0.2) is 0 Å². The zero-order valence-corrected chi connectivity index (χ0v) is 17.7. The molecule has 1 fully saturated rings. The van der Waals surface area contributed by atoms with E-state index in [1.165, 1.54) is 23.1 Å². The summed E-state index contributed by atoms with van der Waals surface area (Å²) in [7, 11) is 2.25. The van der Waals surface area contributed by atoms with Gasteiger partial charge < -0.3 is 4.90 Å². The van der Waals surface area contributed by atoms with Crippen LogP contribution >= 0.6 is 0 Å². The molecule has 0 radical (unpaired) electrons. The Kier molecular flexibility index (Phi) is 6.12. The Morgan fingerprint density at radius 1 is 0.862 bits per heavy atom. The van der Waals surface area contributed by atoms with Gasteiger partial charge in [-0.05, 0) is 50.0 Å². The predicted molar refractivity (Wildman–Crippen MR) is 119 cm³/mol. The molecule has 4 heteroatoms. The van der Waals surface area contributed by atoms with Gasteiger partial charge in [-0.25, -0.2) is 0 Å². The lowest BCUT2D eigenvalue weighted by molar-refractivity contribution is 0.0298. The molecule has 0 spiro atoms. The predicted octanol–water partition coefficient (Wildman–Crippen LogP) is 4.16. The van der Waals surface area contributed by atoms with Crippen molar-refractivity contribution in [2.24, 2.45) is 0 Å². The highest BCUT2D eigenvalue weighted by Gasteiger charge is 2.43. The summed E-state index contributed by atoms with van der Waals surface area (Å²) in [6.45, 7) is 7.39. The van der Waals surface area contributed by atoms with Crippen molar-refractivity contribution in [1.29, 1.82) is 0 Å². The van der Waals surface area contributed by atoms with Crippen molar-refractivity contribution >= 4 is 0 Å². The van der Waals surface area contributed by atoms with Crippen LogP contribution < -0.4 is 0 Å². The molecule has 1 saturated heterocycles. The van der Waals surface area contributed by atoms with E-state index in [4.69, 9.17) is 0 Å². The van der Waals surface area contributed by atoms with Crippen LogP contribution in [-0.2, 0) is 12.1 Å². The van der Waals surface area contributed by atoms with Gasteiger partial charge in [0.2, 0.25) is 0 Å². The van der Waals surface area contributed by atoms with Crippen molar-refractivity contribution in [3.8, 4) is 0 Å². The quantitative estimate of drug-likeness (QED) is 0.568. The van der Waals surface area contributed by atoms with Crippen LogP contribution in [0.4, 0.5) is 0 Å². The Labute approximate surface area is 174 Å². The van der Waals surface area contributed by atoms with Gasteiger partial charge in [-0.15, -0.1) is 0 Å². The summed E-state index contributed by atoms with van der Waals surface area (Å²) in [4.78, 5) is 5.19. The SMILES string of the molecule is Cc1cnn(CCCCN2CCN(C)CC2(c2ccccc2)c2ccccc2)c1. The molecular weight excluding hydrogens is 356 g/mol. The fraction of sp³-hybridized carbons (Fsp3) is 0.400. The number of unbranched alkanes of at least 4 members (excludes halogenated alkanes) is 1. The summed E-state index contributed by atoms with van der Waals surface area (Å²) >= 11 is 0. The Morgan fingerprint density at radius 2 is 1.48 bits per heavy atom. The second kappa shape index (κ2) is 8.93. The second-order valence-corrected chi connectivity index (χ2v) is 8.31. The summed E-state index contributed by atoms with van der Waals surface area (Å²) < 4.78 is 2.07. The van der Waals surface area contributed by atoms with E-state index >= 15 is 0 Å². The largest absolute Gasteiger partial charge is 0.303 e. The minimum absolute atomic E-state index is 0.0994. The van der Waals surface area contributed by atoms with E-state index in [1.807, 2.05) is 6.20 Å². The average molecular weight is 389 g/mol. The number of benzene rings is 2. The highest BCUT2D eigenvalue weighted by molar-refractivity contribution is 5.40. The summed E-state index contributed by atoms with van der Waals surface area (Å²) in [6, 6.07) is 22.1. The Bertz CT molecular complexity index is 848. The van der Waals surface area contributed by atoms with Gasteiger partial charge in [0.1, 0.15) is 0 Å². The maximum absolute atomic E-state index is 4.43. The molecule has 152 valence electrons. The fourth-order valence-electron chi connectivity index (χ4n) is 4.66. The van der Waals surface area contributed by atoms with Crippen LogP contribution in [-0.4, -0.2) is 52.8 Å². The van der Waals surface area contributed by atoms with Gasteiger partial charge in [0.05, 0.1) is 11.7 Å². The zero-order valence-electron chi connectivity index (χ0n) is 17.7. The number of hydrogen-bond donors (Lipinski definition) is 0. The van der Waals surface area contributed by atoms with Crippen molar-refractivity contribution in [2.45, 2.75) is 31.8 Å². The highest BCUT2D eigenvalue weighted by Crippen LogP contribution is 2.39. The first-order valence-corrected chi connectivity index (χ1v) is 10.7. The lowest BCUT2D eigenvalue weighted by atomic mass is 9.79. The number of piperazine rings is 1. The van der Waals surface area contributed by atoms with Crippen molar-refractivity contribution in [3.63, 3.8) is 0 Å². The monoisotopic (exact) mass is 388 g/mol. The van der Waals surface area contributed by atoms with E-state index in [0.29, 0.717) is 0 Å². The second-order valence-electron chi connectivity index (χ2n) is 8.31. The number of aromatic nitrogens is 2. The molecule has 29 heavy (non-hydrogen) atoms. The maximum atomic E-state index is 4.43. The lowest BCUT2D eigenvalue weighted by Gasteiger charge is -2.51. The third-order valence-electron chi connectivity index (χ3n) is 6.12. The standard InChI is InChI=1S/C25H32N4/c1-22-19-26-29(20-22)16-10-9-15-28-18-17-27(2)21-25(28,23-11-5-3-6-12-23)24-13-7-4-8-14-24/h3-8,11-14,19-20H,9-10,15-18,21H2,1-2H3. The molecule has 0 aliphatic carbocycles. The van der Waals surface area contributed by atoms with Crippen LogP contribution in [0.25, 0.3) is 0 Å². The minimum Gasteiger partial charge on any atom is -0.303 e. The van der Waals surface area contributed by atoms with Crippen molar-refractivity contribution in [2.75, 3.05) is 33.2 Å². The van der Waals surface area contributed by atoms with Crippen molar-refractivity contribution in [3.05, 3.63) is 89.7 Å². The Balaban J connectivity index is 1.57. The molecule has 0 N–H and O–H groups in total. The summed E-state index contributed by atoms with van der Waals surface area (Å²) in [5.74, 6) is 0. The normalized spacial score (nSPS) is 17.4. The van der Waals surface area contributed by atoms with E-state index < -0.39 is 0 Å².